The molecule has 1 amide bonds. The molecule has 1 N–H and O–H groups in total. The van der Waals surface area contributed by atoms with Gasteiger partial charge in [-0.25, -0.2) is 22.9 Å². The summed E-state index contributed by atoms with van der Waals surface area (Å²) in [6.07, 6.45) is -4.29. The van der Waals surface area contributed by atoms with E-state index in [0.29, 0.717) is 19.9 Å². The van der Waals surface area contributed by atoms with Crippen molar-refractivity contribution in [3.8, 4) is 11.4 Å². The predicted molar refractivity (Wildman–Crippen MR) is 116 cm³/mol. The number of amides is 1. The molecule has 0 saturated carbocycles. The summed E-state index contributed by atoms with van der Waals surface area (Å²) >= 11 is 6.71. The van der Waals surface area contributed by atoms with Gasteiger partial charge >= 0.3 is 12.3 Å². The Morgan fingerprint density at radius 2 is 1.88 bits per heavy atom. The van der Waals surface area contributed by atoms with Crippen LogP contribution in [0.3, 0.4) is 0 Å². The van der Waals surface area contributed by atoms with Crippen molar-refractivity contribution < 1.29 is 31.1 Å². The number of ether oxygens (including phenoxy) is 1. The number of carbonyl (C=O) groups excluding carboxylic acids is 1. The molecule has 14 heteroatoms. The fraction of sp³-hybridized carbons (Fsp3) is 0.105. The number of carbonyl (C=O) groups is 1. The molecule has 8 nitrogen and oxygen atoms in total. The third kappa shape index (κ3) is 4.94. The highest BCUT2D eigenvalue weighted by molar-refractivity contribution is 7.90. The molecule has 0 aliphatic carbocycles. The summed E-state index contributed by atoms with van der Waals surface area (Å²) in [6.45, 7) is 0. The topological polar surface area (TPSA) is 103 Å². The van der Waals surface area contributed by atoms with Gasteiger partial charge in [0.2, 0.25) is 0 Å². The maximum atomic E-state index is 13.7. The fourth-order valence-corrected chi connectivity index (χ4v) is 4.59. The molecule has 0 aliphatic heterocycles. The first-order chi connectivity index (χ1) is 15.4. The zero-order valence-electron chi connectivity index (χ0n) is 16.4. The Labute approximate surface area is 193 Å². The summed E-state index contributed by atoms with van der Waals surface area (Å²) in [4.78, 5) is 16.4. The number of hydrogen-bond acceptors (Lipinski definition) is 7. The van der Waals surface area contributed by atoms with Gasteiger partial charge in [-0.05, 0) is 42.5 Å². The molecular weight excluding hydrogens is 505 g/mol. The lowest BCUT2D eigenvalue weighted by Gasteiger charge is -2.12. The Bertz CT molecular complexity index is 1460. The number of halogens is 4. The molecule has 0 radical (unpaired) electrons. The lowest BCUT2D eigenvalue weighted by Crippen LogP contribution is -2.20. The second kappa shape index (κ2) is 8.32. The van der Waals surface area contributed by atoms with Crippen LogP contribution in [0.5, 0.6) is 5.75 Å². The van der Waals surface area contributed by atoms with Crippen LogP contribution in [0.4, 0.5) is 23.1 Å². The van der Waals surface area contributed by atoms with Crippen molar-refractivity contribution in [3.05, 3.63) is 59.4 Å². The van der Waals surface area contributed by atoms with Gasteiger partial charge in [-0.15, -0.1) is 0 Å². The van der Waals surface area contributed by atoms with Crippen LogP contribution in [-0.2, 0) is 16.0 Å². The minimum absolute atomic E-state index is 0.0132. The van der Waals surface area contributed by atoms with Gasteiger partial charge in [0.25, 0.3) is 0 Å². The van der Waals surface area contributed by atoms with Gasteiger partial charge in [0.1, 0.15) is 0 Å². The van der Waals surface area contributed by atoms with Crippen molar-refractivity contribution in [2.75, 3.05) is 11.6 Å². The van der Waals surface area contributed by atoms with E-state index in [1.54, 1.807) is 0 Å². The van der Waals surface area contributed by atoms with Gasteiger partial charge in [-0.3, -0.25) is 5.32 Å². The summed E-state index contributed by atoms with van der Waals surface area (Å²) in [6, 6.07) is 9.66. The molecule has 2 aromatic heterocycles. The zero-order valence-corrected chi connectivity index (χ0v) is 18.8. The number of anilines is 1. The summed E-state index contributed by atoms with van der Waals surface area (Å²) in [5.41, 5.74) is -0.828. The number of fused-ring (bicyclic) bond motifs is 1. The Balaban J connectivity index is 1.59. The van der Waals surface area contributed by atoms with Crippen LogP contribution in [0.15, 0.2) is 53.6 Å². The van der Waals surface area contributed by atoms with Crippen molar-refractivity contribution in [3.63, 3.8) is 0 Å². The van der Waals surface area contributed by atoms with Crippen molar-refractivity contribution in [2.24, 2.45) is 0 Å². The molecule has 0 fully saturated rings. The van der Waals surface area contributed by atoms with Crippen molar-refractivity contribution >= 4 is 54.2 Å². The molecule has 4 rings (SSSR count). The maximum Gasteiger partial charge on any atom is 0.437 e. The summed E-state index contributed by atoms with van der Waals surface area (Å²) < 4.78 is 70.4. The van der Waals surface area contributed by atoms with Gasteiger partial charge in [0.05, 0.1) is 27.0 Å². The SMILES string of the molecule is CS(=O)(=O)c1ccc2nc(NC(=O)Oc3cnn(-c4ccc(Cl)cc4)c3C(F)(F)F)sc2c1. The van der Waals surface area contributed by atoms with Gasteiger partial charge < -0.3 is 4.74 Å². The average molecular weight is 517 g/mol. The van der Waals surface area contributed by atoms with E-state index < -0.39 is 33.6 Å². The highest BCUT2D eigenvalue weighted by Gasteiger charge is 2.40. The second-order valence-electron chi connectivity index (χ2n) is 6.68. The minimum atomic E-state index is -4.89. The molecule has 0 bridgehead atoms. The number of thiazole rings is 1. The van der Waals surface area contributed by atoms with Gasteiger partial charge in [-0.2, -0.15) is 18.3 Å². The van der Waals surface area contributed by atoms with Crippen molar-refractivity contribution in [2.45, 2.75) is 11.1 Å². The van der Waals surface area contributed by atoms with E-state index >= 15 is 0 Å². The van der Waals surface area contributed by atoms with E-state index in [-0.39, 0.29) is 15.7 Å². The quantitative estimate of drug-likeness (QED) is 0.401. The highest BCUT2D eigenvalue weighted by atomic mass is 35.5. The van der Waals surface area contributed by atoms with Crippen LogP contribution >= 0.6 is 22.9 Å². The number of nitrogens with one attached hydrogen (secondary N) is 1. The first-order valence-corrected chi connectivity index (χ1v) is 12.0. The molecule has 0 unspecified atom stereocenters. The molecule has 0 saturated heterocycles. The zero-order chi connectivity index (χ0) is 24.0. The first-order valence-electron chi connectivity index (χ1n) is 8.92. The van der Waals surface area contributed by atoms with E-state index in [0.717, 1.165) is 23.8 Å². The number of sulfone groups is 1. The Kier molecular flexibility index (Phi) is 5.80. The Morgan fingerprint density at radius 1 is 1.18 bits per heavy atom. The maximum absolute atomic E-state index is 13.7. The smallest absolute Gasteiger partial charge is 0.406 e. The Morgan fingerprint density at radius 3 is 2.52 bits per heavy atom. The van der Waals surface area contributed by atoms with Crippen LogP contribution < -0.4 is 10.1 Å². The summed E-state index contributed by atoms with van der Waals surface area (Å²) in [7, 11) is -3.45. The molecule has 0 aliphatic rings. The number of rotatable bonds is 4. The summed E-state index contributed by atoms with van der Waals surface area (Å²) in [5.74, 6) is -0.810. The molecular formula is C19H12ClF3N4O4S2. The van der Waals surface area contributed by atoms with Crippen LogP contribution in [-0.4, -0.2) is 35.5 Å². The largest absolute Gasteiger partial charge is 0.437 e. The highest BCUT2D eigenvalue weighted by Crippen LogP contribution is 2.38. The molecule has 2 heterocycles. The van der Waals surface area contributed by atoms with E-state index in [9.17, 15) is 26.4 Å². The fourth-order valence-electron chi connectivity index (χ4n) is 2.85. The standard InChI is InChI=1S/C19H12ClF3N4O4S2/c1-33(29,30)12-6-7-13-15(8-12)32-17(25-13)26-18(28)31-14-9-24-27(16(14)19(21,22)23)11-4-2-10(20)3-5-11/h2-9H,1H3,(H,25,26,28). The lowest BCUT2D eigenvalue weighted by atomic mass is 10.3. The molecule has 172 valence electrons. The van der Waals surface area contributed by atoms with Crippen LogP contribution in [0.1, 0.15) is 5.69 Å². The first kappa shape index (κ1) is 23.0. The van der Waals surface area contributed by atoms with Crippen molar-refractivity contribution in [1.29, 1.82) is 0 Å². The van der Waals surface area contributed by atoms with Gasteiger partial charge in [0, 0.05) is 11.3 Å². The third-order valence-electron chi connectivity index (χ3n) is 4.28. The number of nitrogens with zero attached hydrogens (tertiary/aromatic N) is 3. The van der Waals surface area contributed by atoms with E-state index in [2.05, 4.69) is 15.4 Å². The number of benzene rings is 2. The van der Waals surface area contributed by atoms with Gasteiger partial charge in [-0.1, -0.05) is 22.9 Å². The molecule has 33 heavy (non-hydrogen) atoms. The van der Waals surface area contributed by atoms with Crippen molar-refractivity contribution in [1.82, 2.24) is 14.8 Å². The predicted octanol–water partition coefficient (Wildman–Crippen LogP) is 5.17. The Hall–Kier alpha value is -3.16. The van der Waals surface area contributed by atoms with Crippen LogP contribution in [0.25, 0.3) is 15.9 Å². The van der Waals surface area contributed by atoms with E-state index in [1.807, 2.05) is 0 Å². The van der Waals surface area contributed by atoms with Gasteiger partial charge in [0.15, 0.2) is 26.4 Å². The molecule has 2 aromatic carbocycles. The number of hydrogen-bond donors (Lipinski definition) is 1. The monoisotopic (exact) mass is 516 g/mol. The molecule has 0 spiro atoms. The normalized spacial score (nSPS) is 12.2. The average Bonchev–Trinajstić information content (AvgIpc) is 3.30. The summed E-state index contributed by atoms with van der Waals surface area (Å²) in [5, 5.41) is 6.28. The second-order valence-corrected chi connectivity index (χ2v) is 10.2. The van der Waals surface area contributed by atoms with E-state index in [4.69, 9.17) is 16.3 Å². The lowest BCUT2D eigenvalue weighted by molar-refractivity contribution is -0.143. The third-order valence-corrected chi connectivity index (χ3v) is 6.57. The molecule has 4 aromatic rings. The minimum Gasteiger partial charge on any atom is -0.406 e. The van der Waals surface area contributed by atoms with Crippen LogP contribution in [0.2, 0.25) is 5.02 Å². The van der Waals surface area contributed by atoms with E-state index in [1.165, 1.54) is 42.5 Å². The molecule has 0 atom stereocenters. The van der Waals surface area contributed by atoms with Crippen LogP contribution in [0, 0.1) is 0 Å². The number of alkyl halides is 3. The number of aromatic nitrogens is 3.